The van der Waals surface area contributed by atoms with E-state index in [9.17, 15) is 4.79 Å². The van der Waals surface area contributed by atoms with Crippen LogP contribution in [0.5, 0.6) is 5.75 Å². The van der Waals surface area contributed by atoms with Crippen LogP contribution in [0.1, 0.15) is 5.56 Å². The van der Waals surface area contributed by atoms with E-state index in [4.69, 9.17) is 15.7 Å². The van der Waals surface area contributed by atoms with Gasteiger partial charge in [-0.2, -0.15) is 5.26 Å². The van der Waals surface area contributed by atoms with Gasteiger partial charge in [-0.15, -0.1) is 0 Å². The maximum atomic E-state index is 11.7. The van der Waals surface area contributed by atoms with Crippen LogP contribution in [0.3, 0.4) is 0 Å². The number of rotatable bonds is 2. The van der Waals surface area contributed by atoms with Crippen LogP contribution in [0.15, 0.2) is 33.5 Å². The number of halogens is 1. The van der Waals surface area contributed by atoms with Crippen molar-refractivity contribution in [2.45, 2.75) is 0 Å². The van der Waals surface area contributed by atoms with E-state index in [1.165, 1.54) is 0 Å². The Hall–Kier alpha value is -2.26. The van der Waals surface area contributed by atoms with Crippen molar-refractivity contribution in [2.24, 2.45) is 0 Å². The first-order valence-electron chi connectivity index (χ1n) is 5.33. The molecule has 0 saturated heterocycles. The van der Waals surface area contributed by atoms with Crippen LogP contribution in [0.25, 0.3) is 11.1 Å². The third kappa shape index (κ3) is 2.46. The molecule has 0 atom stereocenters. The summed E-state index contributed by atoms with van der Waals surface area (Å²) in [6.07, 6.45) is 0. The van der Waals surface area contributed by atoms with Gasteiger partial charge < -0.3 is 15.5 Å². The van der Waals surface area contributed by atoms with Gasteiger partial charge in [0, 0.05) is 5.56 Å². The smallest absolute Gasteiger partial charge is 0.268 e. The first kappa shape index (κ1) is 13.2. The average Bonchev–Trinajstić information content (AvgIpc) is 2.37. The molecule has 0 saturated carbocycles. The monoisotopic (exact) mass is 319 g/mol. The molecular weight excluding hydrogens is 310 g/mol. The van der Waals surface area contributed by atoms with Gasteiger partial charge in [-0.25, -0.2) is 0 Å². The van der Waals surface area contributed by atoms with Gasteiger partial charge in [-0.05, 0) is 39.7 Å². The minimum Gasteiger partial charge on any atom is -0.496 e. The fourth-order valence-corrected chi connectivity index (χ4v) is 2.29. The maximum Gasteiger partial charge on any atom is 0.268 e. The van der Waals surface area contributed by atoms with Crippen LogP contribution in [0, 0.1) is 11.3 Å². The molecule has 0 amide bonds. The van der Waals surface area contributed by atoms with E-state index in [-0.39, 0.29) is 11.4 Å². The minimum absolute atomic E-state index is 0.0336. The highest BCUT2D eigenvalue weighted by molar-refractivity contribution is 9.10. The number of nitrogens with two attached hydrogens (primary N) is 1. The second-order valence-corrected chi connectivity index (χ2v) is 4.66. The highest BCUT2D eigenvalue weighted by atomic mass is 79.9. The normalized spacial score (nSPS) is 9.95. The van der Waals surface area contributed by atoms with Gasteiger partial charge in [0.05, 0.1) is 11.6 Å². The van der Waals surface area contributed by atoms with Crippen molar-refractivity contribution in [1.29, 1.82) is 5.26 Å². The lowest BCUT2D eigenvalue weighted by atomic mass is 10.0. The zero-order chi connectivity index (χ0) is 14.0. The molecule has 2 rings (SSSR count). The molecule has 3 N–H and O–H groups in total. The zero-order valence-corrected chi connectivity index (χ0v) is 11.6. The van der Waals surface area contributed by atoms with Gasteiger partial charge in [0.25, 0.3) is 5.56 Å². The van der Waals surface area contributed by atoms with Gasteiger partial charge in [0.15, 0.2) is 0 Å². The fraction of sp³-hybridized carbons (Fsp3) is 0.0769. The number of H-pyrrole nitrogens is 1. The highest BCUT2D eigenvalue weighted by Crippen LogP contribution is 2.31. The standard InChI is InChI=1S/C13H10BrN3O2/c1-19-11-3-2-7(4-10(11)14)8-5-12(16)17-13(18)9(8)6-15/h2-5H,1H3,(H3,16,17,18). The van der Waals surface area contributed by atoms with Gasteiger partial charge in [-0.3, -0.25) is 4.79 Å². The molecule has 1 aromatic carbocycles. The summed E-state index contributed by atoms with van der Waals surface area (Å²) in [5.41, 5.74) is 6.35. The summed E-state index contributed by atoms with van der Waals surface area (Å²) in [6.45, 7) is 0. The Bertz CT molecular complexity index is 732. The SMILES string of the molecule is COc1ccc(-c2cc(N)[nH]c(=O)c2C#N)cc1Br. The fourth-order valence-electron chi connectivity index (χ4n) is 1.75. The van der Waals surface area contributed by atoms with Crippen molar-refractivity contribution in [1.82, 2.24) is 4.98 Å². The topological polar surface area (TPSA) is 91.9 Å². The van der Waals surface area contributed by atoms with Crippen molar-refractivity contribution in [3.63, 3.8) is 0 Å². The van der Waals surface area contributed by atoms with Gasteiger partial charge >= 0.3 is 0 Å². The summed E-state index contributed by atoms with van der Waals surface area (Å²) in [7, 11) is 1.56. The molecule has 19 heavy (non-hydrogen) atoms. The van der Waals surface area contributed by atoms with Gasteiger partial charge in [0.2, 0.25) is 0 Å². The minimum atomic E-state index is -0.496. The molecule has 0 bridgehead atoms. The number of nitriles is 1. The molecule has 6 heteroatoms. The first-order chi connectivity index (χ1) is 9.06. The molecule has 5 nitrogen and oxygen atoms in total. The Kier molecular flexibility index (Phi) is 3.58. The number of aromatic amines is 1. The van der Waals surface area contributed by atoms with Crippen LogP contribution in [-0.4, -0.2) is 12.1 Å². The van der Waals surface area contributed by atoms with Crippen molar-refractivity contribution in [2.75, 3.05) is 12.8 Å². The van der Waals surface area contributed by atoms with E-state index >= 15 is 0 Å². The summed E-state index contributed by atoms with van der Waals surface area (Å²) in [6, 6.07) is 8.74. The quantitative estimate of drug-likeness (QED) is 0.888. The third-order valence-corrected chi connectivity index (χ3v) is 3.25. The van der Waals surface area contributed by atoms with Crippen LogP contribution in [0.2, 0.25) is 0 Å². The molecule has 0 aliphatic rings. The van der Waals surface area contributed by atoms with Crippen molar-refractivity contribution in [3.8, 4) is 22.9 Å². The first-order valence-corrected chi connectivity index (χ1v) is 6.13. The average molecular weight is 320 g/mol. The summed E-state index contributed by atoms with van der Waals surface area (Å²) in [5.74, 6) is 0.881. The summed E-state index contributed by atoms with van der Waals surface area (Å²) >= 11 is 3.36. The molecule has 0 aliphatic carbocycles. The summed E-state index contributed by atoms with van der Waals surface area (Å²) in [4.78, 5) is 14.1. The number of benzene rings is 1. The number of hydrogen-bond donors (Lipinski definition) is 2. The largest absolute Gasteiger partial charge is 0.496 e. The summed E-state index contributed by atoms with van der Waals surface area (Å²) < 4.78 is 5.87. The van der Waals surface area contributed by atoms with Crippen LogP contribution >= 0.6 is 15.9 Å². The Morgan fingerprint density at radius 2 is 2.16 bits per heavy atom. The number of pyridine rings is 1. The van der Waals surface area contributed by atoms with E-state index in [0.29, 0.717) is 16.9 Å². The molecule has 0 aliphatic heterocycles. The number of nitrogens with one attached hydrogen (secondary N) is 1. The predicted octanol–water partition coefficient (Wildman–Crippen LogP) is 2.27. The van der Waals surface area contributed by atoms with Crippen LogP contribution < -0.4 is 16.0 Å². The van der Waals surface area contributed by atoms with Crippen LogP contribution in [-0.2, 0) is 0 Å². The highest BCUT2D eigenvalue weighted by Gasteiger charge is 2.12. The van der Waals surface area contributed by atoms with Gasteiger partial charge in [-0.1, -0.05) is 6.07 Å². The lowest BCUT2D eigenvalue weighted by Gasteiger charge is -2.08. The van der Waals surface area contributed by atoms with Crippen molar-refractivity contribution < 1.29 is 4.74 Å². The second kappa shape index (κ2) is 5.16. The van der Waals surface area contributed by atoms with Crippen molar-refractivity contribution >= 4 is 21.7 Å². The van der Waals surface area contributed by atoms with E-state index in [1.807, 2.05) is 6.07 Å². The molecule has 1 aromatic heterocycles. The number of ether oxygens (including phenoxy) is 1. The number of anilines is 1. The summed E-state index contributed by atoms with van der Waals surface area (Å²) in [5, 5.41) is 9.07. The van der Waals surface area contributed by atoms with Crippen molar-refractivity contribution in [3.05, 3.63) is 44.7 Å². The Balaban J connectivity index is 2.69. The lowest BCUT2D eigenvalue weighted by Crippen LogP contribution is -2.13. The maximum absolute atomic E-state index is 11.7. The molecule has 0 unspecified atom stereocenters. The molecule has 0 fully saturated rings. The van der Waals surface area contributed by atoms with Gasteiger partial charge in [0.1, 0.15) is 23.2 Å². The number of nitrogen functional groups attached to an aromatic ring is 1. The molecule has 2 aromatic rings. The molecule has 96 valence electrons. The zero-order valence-electron chi connectivity index (χ0n) is 10.0. The number of aromatic nitrogens is 1. The predicted molar refractivity (Wildman–Crippen MR) is 75.9 cm³/mol. The van der Waals surface area contributed by atoms with E-state index in [0.717, 1.165) is 4.47 Å². The molecule has 0 radical (unpaired) electrons. The Morgan fingerprint density at radius 3 is 2.74 bits per heavy atom. The number of nitrogens with zero attached hydrogens (tertiary/aromatic N) is 1. The molecule has 1 heterocycles. The molecule has 0 spiro atoms. The van der Waals surface area contributed by atoms with Crippen LogP contribution in [0.4, 0.5) is 5.82 Å². The Morgan fingerprint density at radius 1 is 1.42 bits per heavy atom. The third-order valence-electron chi connectivity index (χ3n) is 2.63. The lowest BCUT2D eigenvalue weighted by molar-refractivity contribution is 0.412. The Labute approximate surface area is 117 Å². The van der Waals surface area contributed by atoms with E-state index in [2.05, 4.69) is 20.9 Å². The van der Waals surface area contributed by atoms with E-state index in [1.54, 1.807) is 31.4 Å². The molecular formula is C13H10BrN3O2. The van der Waals surface area contributed by atoms with E-state index < -0.39 is 5.56 Å². The number of methoxy groups -OCH3 is 1. The number of hydrogen-bond acceptors (Lipinski definition) is 4. The second-order valence-electron chi connectivity index (χ2n) is 3.80.